The molecule has 0 aliphatic rings. The first-order valence-electron chi connectivity index (χ1n) is 9.31. The topological polar surface area (TPSA) is 79.5 Å². The van der Waals surface area contributed by atoms with Crippen LogP contribution in [0.15, 0.2) is 84.9 Å². The first-order chi connectivity index (χ1) is 14.6. The fourth-order valence-electron chi connectivity index (χ4n) is 2.74. The normalized spacial score (nSPS) is 10.0. The zero-order chi connectivity index (χ0) is 21.2. The molecule has 0 saturated carbocycles. The van der Waals surface area contributed by atoms with Crippen LogP contribution in [0.2, 0.25) is 0 Å². The Hall–Kier alpha value is -3.71. The van der Waals surface area contributed by atoms with Crippen molar-refractivity contribution in [1.29, 1.82) is 0 Å². The highest BCUT2D eigenvalue weighted by Gasteiger charge is 2.10. The molecule has 0 heterocycles. The van der Waals surface area contributed by atoms with Crippen molar-refractivity contribution in [2.24, 2.45) is 0 Å². The molecule has 3 N–H and O–H groups in total. The first-order valence-corrected chi connectivity index (χ1v) is 9.72. The van der Waals surface area contributed by atoms with Crippen molar-refractivity contribution >= 4 is 29.1 Å². The zero-order valence-corrected chi connectivity index (χ0v) is 16.9. The molecule has 0 spiro atoms. The molecule has 0 atom stereocenters. The summed E-state index contributed by atoms with van der Waals surface area (Å²) in [6, 6.07) is 26.5. The predicted molar refractivity (Wildman–Crippen MR) is 120 cm³/mol. The molecule has 3 rings (SSSR count). The van der Waals surface area contributed by atoms with E-state index < -0.39 is 5.91 Å². The third kappa shape index (κ3) is 6.42. The van der Waals surface area contributed by atoms with E-state index in [1.807, 2.05) is 78.9 Å². The van der Waals surface area contributed by atoms with Crippen molar-refractivity contribution in [3.63, 3.8) is 0 Å². The molecule has 30 heavy (non-hydrogen) atoms. The van der Waals surface area contributed by atoms with Crippen LogP contribution in [0.1, 0.15) is 5.56 Å². The first kappa shape index (κ1) is 21.0. The van der Waals surface area contributed by atoms with Gasteiger partial charge in [0.05, 0.1) is 6.42 Å². The van der Waals surface area contributed by atoms with Crippen molar-refractivity contribution < 1.29 is 14.3 Å². The maximum atomic E-state index is 12.1. The molecule has 0 saturated heterocycles. The van der Waals surface area contributed by atoms with Gasteiger partial charge in [0.2, 0.25) is 5.91 Å². The summed E-state index contributed by atoms with van der Waals surface area (Å²) < 4.78 is 5.66. The highest BCUT2D eigenvalue weighted by Crippen LogP contribution is 2.29. The monoisotopic (exact) mass is 419 g/mol. The highest BCUT2D eigenvalue weighted by atomic mass is 32.1. The Morgan fingerprint density at radius 2 is 1.40 bits per heavy atom. The minimum Gasteiger partial charge on any atom is -0.483 e. The largest absolute Gasteiger partial charge is 0.483 e. The lowest BCUT2D eigenvalue weighted by molar-refractivity contribution is -0.124. The van der Waals surface area contributed by atoms with E-state index >= 15 is 0 Å². The van der Waals surface area contributed by atoms with Crippen LogP contribution < -0.4 is 20.9 Å². The minimum atomic E-state index is -0.433. The lowest BCUT2D eigenvalue weighted by Gasteiger charge is -2.13. The average Bonchev–Trinajstić information content (AvgIpc) is 2.77. The highest BCUT2D eigenvalue weighted by molar-refractivity contribution is 7.80. The summed E-state index contributed by atoms with van der Waals surface area (Å²) in [4.78, 5) is 24.0. The van der Waals surface area contributed by atoms with Crippen molar-refractivity contribution in [1.82, 2.24) is 16.2 Å². The Bertz CT molecular complexity index is 1010. The molecular weight excluding hydrogens is 398 g/mol. The quantitative estimate of drug-likeness (QED) is 0.423. The van der Waals surface area contributed by atoms with E-state index in [0.717, 1.165) is 16.7 Å². The SMILES string of the molecule is O=C(COc1ccccc1-c1ccccc1)NNC(=S)NC(=O)Cc1ccccc1. The van der Waals surface area contributed by atoms with Crippen molar-refractivity contribution in [2.45, 2.75) is 6.42 Å². The van der Waals surface area contributed by atoms with Crippen LogP contribution in [0.25, 0.3) is 11.1 Å². The molecule has 6 nitrogen and oxygen atoms in total. The molecule has 2 amide bonds. The molecule has 0 bridgehead atoms. The van der Waals surface area contributed by atoms with Crippen LogP contribution in [0.5, 0.6) is 5.75 Å². The zero-order valence-electron chi connectivity index (χ0n) is 16.1. The van der Waals surface area contributed by atoms with Crippen molar-refractivity contribution in [2.75, 3.05) is 6.61 Å². The van der Waals surface area contributed by atoms with Gasteiger partial charge in [-0.3, -0.25) is 20.4 Å². The lowest BCUT2D eigenvalue weighted by atomic mass is 10.1. The smallest absolute Gasteiger partial charge is 0.276 e. The van der Waals surface area contributed by atoms with E-state index in [-0.39, 0.29) is 24.0 Å². The molecule has 0 aliphatic carbocycles. The molecular formula is C23H21N3O3S. The second kappa shape index (κ2) is 10.7. The van der Waals surface area contributed by atoms with E-state index in [0.29, 0.717) is 5.75 Å². The molecule has 0 unspecified atom stereocenters. The number of nitrogens with one attached hydrogen (secondary N) is 3. The number of benzene rings is 3. The van der Waals surface area contributed by atoms with E-state index in [4.69, 9.17) is 17.0 Å². The maximum Gasteiger partial charge on any atom is 0.276 e. The Balaban J connectivity index is 1.44. The van der Waals surface area contributed by atoms with Gasteiger partial charge in [0.15, 0.2) is 11.7 Å². The molecule has 0 fully saturated rings. The number of carbonyl (C=O) groups is 2. The van der Waals surface area contributed by atoms with Crippen LogP contribution in [0.3, 0.4) is 0 Å². The van der Waals surface area contributed by atoms with Gasteiger partial charge in [-0.15, -0.1) is 0 Å². The number of hydrogen-bond donors (Lipinski definition) is 3. The number of rotatable bonds is 6. The van der Waals surface area contributed by atoms with Gasteiger partial charge in [-0.2, -0.15) is 0 Å². The number of ether oxygens (including phenoxy) is 1. The van der Waals surface area contributed by atoms with Gasteiger partial charge in [-0.25, -0.2) is 0 Å². The Morgan fingerprint density at radius 1 is 0.767 bits per heavy atom. The summed E-state index contributed by atoms with van der Waals surface area (Å²) in [5.41, 5.74) is 7.67. The second-order valence-corrected chi connectivity index (χ2v) is 6.77. The summed E-state index contributed by atoms with van der Waals surface area (Å²) in [5, 5.41) is 2.52. The lowest BCUT2D eigenvalue weighted by Crippen LogP contribution is -2.49. The van der Waals surface area contributed by atoms with Gasteiger partial charge in [0.1, 0.15) is 5.75 Å². The van der Waals surface area contributed by atoms with Gasteiger partial charge in [0, 0.05) is 5.56 Å². The molecule has 7 heteroatoms. The second-order valence-electron chi connectivity index (χ2n) is 6.36. The van der Waals surface area contributed by atoms with E-state index in [2.05, 4.69) is 16.2 Å². The van der Waals surface area contributed by atoms with E-state index in [1.165, 1.54) is 0 Å². The van der Waals surface area contributed by atoms with Gasteiger partial charge in [0.25, 0.3) is 5.91 Å². The van der Waals surface area contributed by atoms with Crippen molar-refractivity contribution in [3.8, 4) is 16.9 Å². The number of amides is 2. The third-order valence-corrected chi connectivity index (χ3v) is 4.31. The predicted octanol–water partition coefficient (Wildman–Crippen LogP) is 3.00. The van der Waals surface area contributed by atoms with Crippen LogP contribution in [0.4, 0.5) is 0 Å². The molecule has 0 radical (unpaired) electrons. The average molecular weight is 420 g/mol. The Kier molecular flexibility index (Phi) is 7.51. The summed E-state index contributed by atoms with van der Waals surface area (Å²) in [6.07, 6.45) is 0.190. The van der Waals surface area contributed by atoms with Crippen LogP contribution in [0, 0.1) is 0 Å². The summed E-state index contributed by atoms with van der Waals surface area (Å²) in [6.45, 7) is -0.211. The van der Waals surface area contributed by atoms with Crippen LogP contribution >= 0.6 is 12.2 Å². The third-order valence-electron chi connectivity index (χ3n) is 4.11. The van der Waals surface area contributed by atoms with Crippen LogP contribution in [-0.2, 0) is 16.0 Å². The van der Waals surface area contributed by atoms with E-state index in [9.17, 15) is 9.59 Å². The Morgan fingerprint density at radius 3 is 2.13 bits per heavy atom. The standard InChI is InChI=1S/C23H21N3O3S/c27-21(15-17-9-3-1-4-10-17)24-23(30)26-25-22(28)16-29-20-14-8-7-13-19(20)18-11-5-2-6-12-18/h1-14H,15-16H2,(H,25,28)(H2,24,26,27,30). The summed E-state index contributed by atoms with van der Waals surface area (Å²) in [5.74, 6) is -0.115. The Labute approximate surface area is 180 Å². The summed E-state index contributed by atoms with van der Waals surface area (Å²) >= 11 is 5.03. The molecule has 3 aromatic rings. The number of thiocarbonyl (C=S) groups is 1. The number of hydrogen-bond acceptors (Lipinski definition) is 4. The van der Waals surface area contributed by atoms with Crippen LogP contribution in [-0.4, -0.2) is 23.5 Å². The molecule has 152 valence electrons. The number of carbonyl (C=O) groups excluding carboxylic acids is 2. The minimum absolute atomic E-state index is 0.00830. The van der Waals surface area contributed by atoms with E-state index in [1.54, 1.807) is 6.07 Å². The molecule has 0 aliphatic heterocycles. The molecule has 0 aromatic heterocycles. The fourth-order valence-corrected chi connectivity index (χ4v) is 2.90. The fraction of sp³-hybridized carbons (Fsp3) is 0.0870. The van der Waals surface area contributed by atoms with Gasteiger partial charge in [-0.1, -0.05) is 78.9 Å². The summed E-state index contributed by atoms with van der Waals surface area (Å²) in [7, 11) is 0. The number of para-hydroxylation sites is 1. The maximum absolute atomic E-state index is 12.1. The van der Waals surface area contributed by atoms with Crippen molar-refractivity contribution in [3.05, 3.63) is 90.5 Å². The number of hydrazine groups is 1. The van der Waals surface area contributed by atoms with Gasteiger partial charge >= 0.3 is 0 Å². The van der Waals surface area contributed by atoms with Gasteiger partial charge < -0.3 is 10.1 Å². The molecule has 3 aromatic carbocycles. The van der Waals surface area contributed by atoms with Gasteiger partial charge in [-0.05, 0) is 29.4 Å².